The average molecular weight is 295 g/mol. The number of hydrogen-bond donors (Lipinski definition) is 2. The Balaban J connectivity index is 2.02. The van der Waals surface area contributed by atoms with Gasteiger partial charge in [0, 0.05) is 11.3 Å². The molecule has 1 amide bonds. The third-order valence-electron chi connectivity index (χ3n) is 2.48. The zero-order valence-electron chi connectivity index (χ0n) is 10.5. The first-order valence-corrected chi connectivity index (χ1v) is 6.08. The van der Waals surface area contributed by atoms with Gasteiger partial charge in [0.25, 0.3) is 5.91 Å². The maximum Gasteiger partial charge on any atom is 0.371 e. The second-order valence-corrected chi connectivity index (χ2v) is 4.46. The van der Waals surface area contributed by atoms with Crippen molar-refractivity contribution < 1.29 is 19.1 Å². The molecular formula is C13H11ClN2O4. The lowest BCUT2D eigenvalue weighted by molar-refractivity contribution is 0.0660. The van der Waals surface area contributed by atoms with E-state index in [9.17, 15) is 9.59 Å². The van der Waals surface area contributed by atoms with Gasteiger partial charge in [-0.25, -0.2) is 9.78 Å². The first kappa shape index (κ1) is 14.1. The summed E-state index contributed by atoms with van der Waals surface area (Å²) in [5.41, 5.74) is 1.02. The molecule has 0 aromatic carbocycles. The minimum Gasteiger partial charge on any atom is -0.475 e. The zero-order chi connectivity index (χ0) is 14.7. The largest absolute Gasteiger partial charge is 0.475 e. The summed E-state index contributed by atoms with van der Waals surface area (Å²) in [6.07, 6.45) is 0. The van der Waals surface area contributed by atoms with Crippen LogP contribution in [0.2, 0.25) is 5.15 Å². The molecule has 0 aliphatic rings. The van der Waals surface area contributed by atoms with Crippen LogP contribution in [0.5, 0.6) is 0 Å². The number of halogens is 1. The lowest BCUT2D eigenvalue weighted by Crippen LogP contribution is -2.22. The van der Waals surface area contributed by atoms with Gasteiger partial charge in [0.1, 0.15) is 10.9 Å². The number of aromatic nitrogens is 1. The van der Waals surface area contributed by atoms with Gasteiger partial charge in [-0.2, -0.15) is 0 Å². The Hall–Kier alpha value is -2.34. The van der Waals surface area contributed by atoms with Gasteiger partial charge >= 0.3 is 5.97 Å². The van der Waals surface area contributed by atoms with Crippen LogP contribution in [0.25, 0.3) is 0 Å². The van der Waals surface area contributed by atoms with Gasteiger partial charge in [0.2, 0.25) is 5.76 Å². The molecule has 2 rings (SSSR count). The maximum atomic E-state index is 11.9. The molecule has 0 spiro atoms. The molecule has 0 saturated carbocycles. The van der Waals surface area contributed by atoms with Crippen molar-refractivity contribution in [1.82, 2.24) is 10.3 Å². The molecule has 2 aromatic rings. The van der Waals surface area contributed by atoms with Crippen LogP contribution < -0.4 is 5.32 Å². The van der Waals surface area contributed by atoms with Crippen LogP contribution in [0.3, 0.4) is 0 Å². The van der Waals surface area contributed by atoms with Crippen molar-refractivity contribution in [2.75, 3.05) is 0 Å². The summed E-state index contributed by atoms with van der Waals surface area (Å²) in [6, 6.07) is 5.88. The number of furan rings is 1. The van der Waals surface area contributed by atoms with Crippen molar-refractivity contribution in [3.05, 3.63) is 52.2 Å². The summed E-state index contributed by atoms with van der Waals surface area (Å²) in [7, 11) is 0. The van der Waals surface area contributed by atoms with Crippen LogP contribution in [0.4, 0.5) is 0 Å². The molecule has 0 fully saturated rings. The van der Waals surface area contributed by atoms with Crippen LogP contribution in [0.1, 0.15) is 32.4 Å². The van der Waals surface area contributed by atoms with Crippen LogP contribution in [-0.2, 0) is 6.54 Å². The molecule has 2 aromatic heterocycles. The van der Waals surface area contributed by atoms with Crippen LogP contribution in [-0.4, -0.2) is 22.0 Å². The number of nitrogens with one attached hydrogen (secondary N) is 1. The molecule has 0 aliphatic heterocycles. The van der Waals surface area contributed by atoms with E-state index >= 15 is 0 Å². The Labute approximate surface area is 119 Å². The number of hydrogen-bond acceptors (Lipinski definition) is 4. The highest BCUT2D eigenvalue weighted by Gasteiger charge is 2.11. The van der Waals surface area contributed by atoms with E-state index in [1.54, 1.807) is 13.0 Å². The SMILES string of the molecule is Cc1cc(C(=O)NCc2ccc(C(=O)O)o2)cc(Cl)n1. The summed E-state index contributed by atoms with van der Waals surface area (Å²) >= 11 is 5.77. The number of carboxylic acid groups (broad SMARTS) is 1. The summed E-state index contributed by atoms with van der Waals surface area (Å²) in [4.78, 5) is 26.5. The molecule has 0 atom stereocenters. The third kappa shape index (κ3) is 3.36. The van der Waals surface area contributed by atoms with Gasteiger partial charge < -0.3 is 14.8 Å². The van der Waals surface area contributed by atoms with E-state index < -0.39 is 5.97 Å². The fraction of sp³-hybridized carbons (Fsp3) is 0.154. The molecule has 0 saturated heterocycles. The predicted molar refractivity (Wildman–Crippen MR) is 70.8 cm³/mol. The van der Waals surface area contributed by atoms with E-state index in [1.165, 1.54) is 18.2 Å². The molecule has 7 heteroatoms. The van der Waals surface area contributed by atoms with Gasteiger partial charge in [0.05, 0.1) is 6.54 Å². The zero-order valence-corrected chi connectivity index (χ0v) is 11.3. The maximum absolute atomic E-state index is 11.9. The van der Waals surface area contributed by atoms with E-state index in [-0.39, 0.29) is 23.4 Å². The molecule has 0 unspecified atom stereocenters. The van der Waals surface area contributed by atoms with Crippen LogP contribution in [0.15, 0.2) is 28.7 Å². The molecule has 0 aliphatic carbocycles. The van der Waals surface area contributed by atoms with Crippen LogP contribution in [0, 0.1) is 6.92 Å². The van der Waals surface area contributed by atoms with Crippen molar-refractivity contribution in [1.29, 1.82) is 0 Å². The van der Waals surface area contributed by atoms with E-state index in [2.05, 4.69) is 10.3 Å². The number of rotatable bonds is 4. The van der Waals surface area contributed by atoms with Crippen molar-refractivity contribution in [3.63, 3.8) is 0 Å². The van der Waals surface area contributed by atoms with E-state index in [1.807, 2.05) is 0 Å². The fourth-order valence-electron chi connectivity index (χ4n) is 1.62. The minimum absolute atomic E-state index is 0.0884. The fourth-order valence-corrected chi connectivity index (χ4v) is 1.87. The molecule has 104 valence electrons. The second kappa shape index (κ2) is 5.75. The molecule has 0 bridgehead atoms. The Morgan fingerprint density at radius 2 is 2.15 bits per heavy atom. The third-order valence-corrected chi connectivity index (χ3v) is 2.67. The van der Waals surface area contributed by atoms with Gasteiger partial charge in [-0.05, 0) is 31.2 Å². The van der Waals surface area contributed by atoms with Crippen LogP contribution >= 0.6 is 11.6 Å². The summed E-state index contributed by atoms with van der Waals surface area (Å²) < 4.78 is 5.03. The molecule has 2 heterocycles. The Kier molecular flexibility index (Phi) is 4.05. The number of aryl methyl sites for hydroxylation is 1. The first-order chi connectivity index (χ1) is 9.45. The molecule has 2 N–H and O–H groups in total. The predicted octanol–water partition coefficient (Wildman–Crippen LogP) is 2.26. The highest BCUT2D eigenvalue weighted by Crippen LogP contribution is 2.11. The van der Waals surface area contributed by atoms with Gasteiger partial charge in [0.15, 0.2) is 0 Å². The highest BCUT2D eigenvalue weighted by atomic mass is 35.5. The summed E-state index contributed by atoms with van der Waals surface area (Å²) in [6.45, 7) is 1.82. The quantitative estimate of drug-likeness (QED) is 0.844. The number of carbonyl (C=O) groups is 2. The van der Waals surface area contributed by atoms with Crippen molar-refractivity contribution in [2.24, 2.45) is 0 Å². The topological polar surface area (TPSA) is 92.4 Å². The number of nitrogens with zero attached hydrogens (tertiary/aromatic N) is 1. The number of pyridine rings is 1. The second-order valence-electron chi connectivity index (χ2n) is 4.07. The van der Waals surface area contributed by atoms with E-state index in [4.69, 9.17) is 21.1 Å². The summed E-state index contributed by atoms with van der Waals surface area (Å²) in [5, 5.41) is 11.6. The smallest absolute Gasteiger partial charge is 0.371 e. The molecular weight excluding hydrogens is 284 g/mol. The molecule has 6 nitrogen and oxygen atoms in total. The van der Waals surface area contributed by atoms with Crippen molar-refractivity contribution in [2.45, 2.75) is 13.5 Å². The average Bonchev–Trinajstić information content (AvgIpc) is 2.83. The Bertz CT molecular complexity index is 646. The highest BCUT2D eigenvalue weighted by molar-refractivity contribution is 6.29. The monoisotopic (exact) mass is 294 g/mol. The number of aromatic carboxylic acids is 1. The first-order valence-electron chi connectivity index (χ1n) is 5.70. The number of carboxylic acids is 1. The number of carbonyl (C=O) groups excluding carboxylic acids is 1. The lowest BCUT2D eigenvalue weighted by atomic mass is 10.2. The van der Waals surface area contributed by atoms with Gasteiger partial charge in [-0.1, -0.05) is 11.6 Å². The molecule has 0 radical (unpaired) electrons. The van der Waals surface area contributed by atoms with Gasteiger partial charge in [-0.15, -0.1) is 0 Å². The lowest BCUT2D eigenvalue weighted by Gasteiger charge is -2.04. The molecule has 20 heavy (non-hydrogen) atoms. The summed E-state index contributed by atoms with van der Waals surface area (Å²) in [5.74, 6) is -1.31. The van der Waals surface area contributed by atoms with Gasteiger partial charge in [-0.3, -0.25) is 4.79 Å². The van der Waals surface area contributed by atoms with Crippen molar-refractivity contribution >= 4 is 23.5 Å². The van der Waals surface area contributed by atoms with E-state index in [0.29, 0.717) is 17.0 Å². The Morgan fingerprint density at radius 1 is 1.40 bits per heavy atom. The standard InChI is InChI=1S/C13H11ClN2O4/c1-7-4-8(5-11(14)16-7)12(17)15-6-9-2-3-10(20-9)13(18)19/h2-5H,6H2,1H3,(H,15,17)(H,18,19). The normalized spacial score (nSPS) is 10.3. The van der Waals surface area contributed by atoms with Crippen molar-refractivity contribution in [3.8, 4) is 0 Å². The minimum atomic E-state index is -1.15. The Morgan fingerprint density at radius 3 is 2.75 bits per heavy atom. The number of amides is 1. The van der Waals surface area contributed by atoms with E-state index in [0.717, 1.165) is 0 Å².